The summed E-state index contributed by atoms with van der Waals surface area (Å²) in [4.78, 5) is 26.3. The van der Waals surface area contributed by atoms with Gasteiger partial charge in [-0.3, -0.25) is 4.79 Å². The number of carboxylic acid groups (broad SMARTS) is 1. The molecule has 0 aromatic rings. The van der Waals surface area contributed by atoms with Crippen molar-refractivity contribution in [1.29, 1.82) is 0 Å². The Balaban J connectivity index is 2.65. The summed E-state index contributed by atoms with van der Waals surface area (Å²) < 4.78 is 0. The number of urea groups is 1. The van der Waals surface area contributed by atoms with Crippen molar-refractivity contribution >= 4 is 12.0 Å². The fraction of sp³-hybridized carbons (Fsp3) is 0.714. The lowest BCUT2D eigenvalue weighted by molar-refractivity contribution is -0.137. The van der Waals surface area contributed by atoms with Gasteiger partial charge in [-0.15, -0.1) is 6.42 Å². The summed E-state index contributed by atoms with van der Waals surface area (Å²) in [7, 11) is 0. The molecule has 2 amide bonds. The highest BCUT2D eigenvalue weighted by Crippen LogP contribution is 2.30. The summed E-state index contributed by atoms with van der Waals surface area (Å²) in [5.41, 5.74) is 0. The summed E-state index contributed by atoms with van der Waals surface area (Å²) in [6.45, 7) is 4.94. The van der Waals surface area contributed by atoms with E-state index in [1.54, 1.807) is 9.80 Å². The van der Waals surface area contributed by atoms with Crippen LogP contribution in [0.2, 0.25) is 0 Å². The molecule has 0 radical (unpaired) electrons. The molecular weight excluding hydrogens is 244 g/mol. The van der Waals surface area contributed by atoms with Gasteiger partial charge in [-0.1, -0.05) is 5.92 Å². The largest absolute Gasteiger partial charge is 0.481 e. The Morgan fingerprint density at radius 3 is 2.47 bits per heavy atom. The van der Waals surface area contributed by atoms with Crippen molar-refractivity contribution in [1.82, 2.24) is 9.80 Å². The van der Waals surface area contributed by atoms with Gasteiger partial charge in [0.05, 0.1) is 13.0 Å². The van der Waals surface area contributed by atoms with E-state index in [4.69, 9.17) is 11.5 Å². The molecule has 0 aliphatic heterocycles. The second-order valence-corrected chi connectivity index (χ2v) is 5.24. The molecule has 1 rings (SSSR count). The number of rotatable bonds is 7. The molecule has 0 spiro atoms. The molecule has 0 saturated heterocycles. The third kappa shape index (κ3) is 5.21. The maximum absolute atomic E-state index is 12.4. The van der Waals surface area contributed by atoms with Crippen molar-refractivity contribution in [3.63, 3.8) is 0 Å². The first-order valence-corrected chi connectivity index (χ1v) is 6.66. The van der Waals surface area contributed by atoms with E-state index in [0.29, 0.717) is 12.5 Å². The molecule has 0 bridgehead atoms. The highest BCUT2D eigenvalue weighted by atomic mass is 16.4. The fourth-order valence-electron chi connectivity index (χ4n) is 1.91. The Labute approximate surface area is 114 Å². The molecule has 5 heteroatoms. The van der Waals surface area contributed by atoms with E-state index in [2.05, 4.69) is 5.92 Å². The highest BCUT2D eigenvalue weighted by Gasteiger charge is 2.29. The van der Waals surface area contributed by atoms with Gasteiger partial charge < -0.3 is 14.9 Å². The van der Waals surface area contributed by atoms with E-state index in [1.807, 2.05) is 13.8 Å². The van der Waals surface area contributed by atoms with Crippen molar-refractivity contribution in [3.05, 3.63) is 0 Å². The minimum Gasteiger partial charge on any atom is -0.481 e. The molecule has 5 nitrogen and oxygen atoms in total. The standard InChI is InChI=1S/C14H22N2O3/c1-4-8-15(10-12-5-6-12)14(19)16(11(2)3)9-7-13(17)18/h1,11-12H,5-10H2,2-3H3,(H,17,18). The molecule has 19 heavy (non-hydrogen) atoms. The Kier molecular flexibility index (Phi) is 5.68. The molecule has 1 aliphatic rings. The molecule has 0 aromatic heterocycles. The van der Waals surface area contributed by atoms with E-state index in [0.717, 1.165) is 12.8 Å². The zero-order valence-corrected chi connectivity index (χ0v) is 11.6. The zero-order valence-electron chi connectivity index (χ0n) is 11.6. The maximum atomic E-state index is 12.4. The first kappa shape index (κ1) is 15.4. The van der Waals surface area contributed by atoms with Gasteiger partial charge in [-0.25, -0.2) is 4.79 Å². The minimum atomic E-state index is -0.899. The summed E-state index contributed by atoms with van der Waals surface area (Å²) >= 11 is 0. The lowest BCUT2D eigenvalue weighted by Gasteiger charge is -2.32. The maximum Gasteiger partial charge on any atom is 0.321 e. The Morgan fingerprint density at radius 1 is 1.42 bits per heavy atom. The van der Waals surface area contributed by atoms with Crippen LogP contribution in [0.15, 0.2) is 0 Å². The predicted octanol–water partition coefficient (Wildman–Crippen LogP) is 1.64. The molecule has 1 saturated carbocycles. The number of carbonyl (C=O) groups excluding carboxylic acids is 1. The van der Waals surface area contributed by atoms with Crippen LogP contribution < -0.4 is 0 Å². The smallest absolute Gasteiger partial charge is 0.321 e. The number of hydrogen-bond donors (Lipinski definition) is 1. The number of nitrogens with zero attached hydrogens (tertiary/aromatic N) is 2. The van der Waals surface area contributed by atoms with Crippen LogP contribution in [0.25, 0.3) is 0 Å². The summed E-state index contributed by atoms with van der Waals surface area (Å²) in [6, 6.07) is -0.188. The molecule has 0 unspecified atom stereocenters. The average molecular weight is 266 g/mol. The second kappa shape index (κ2) is 7.03. The van der Waals surface area contributed by atoms with Crippen LogP contribution in [0.1, 0.15) is 33.1 Å². The van der Waals surface area contributed by atoms with Crippen LogP contribution in [-0.2, 0) is 4.79 Å². The zero-order chi connectivity index (χ0) is 14.4. The van der Waals surface area contributed by atoms with Gasteiger partial charge in [0.25, 0.3) is 0 Å². The number of terminal acetylenes is 1. The fourth-order valence-corrected chi connectivity index (χ4v) is 1.91. The predicted molar refractivity (Wildman–Crippen MR) is 72.6 cm³/mol. The van der Waals surface area contributed by atoms with Crippen molar-refractivity contribution in [2.24, 2.45) is 5.92 Å². The number of amides is 2. The topological polar surface area (TPSA) is 60.9 Å². The van der Waals surface area contributed by atoms with E-state index in [9.17, 15) is 9.59 Å². The van der Waals surface area contributed by atoms with E-state index in [1.165, 1.54) is 0 Å². The number of carbonyl (C=O) groups is 2. The van der Waals surface area contributed by atoms with Gasteiger partial charge >= 0.3 is 12.0 Å². The number of hydrogen-bond acceptors (Lipinski definition) is 2. The van der Waals surface area contributed by atoms with Gasteiger partial charge in [0, 0.05) is 19.1 Å². The van der Waals surface area contributed by atoms with Crippen molar-refractivity contribution < 1.29 is 14.7 Å². The van der Waals surface area contributed by atoms with Crippen LogP contribution in [0, 0.1) is 18.3 Å². The molecule has 0 atom stereocenters. The summed E-state index contributed by atoms with van der Waals surface area (Å²) in [5, 5.41) is 8.74. The van der Waals surface area contributed by atoms with Gasteiger partial charge in [0.2, 0.25) is 0 Å². The van der Waals surface area contributed by atoms with Gasteiger partial charge in [0.15, 0.2) is 0 Å². The molecule has 1 fully saturated rings. The van der Waals surface area contributed by atoms with Gasteiger partial charge in [0.1, 0.15) is 0 Å². The first-order chi connectivity index (χ1) is 8.95. The third-order valence-corrected chi connectivity index (χ3v) is 3.16. The first-order valence-electron chi connectivity index (χ1n) is 6.66. The second-order valence-electron chi connectivity index (χ2n) is 5.24. The summed E-state index contributed by atoms with van der Waals surface area (Å²) in [6.07, 6.45) is 7.55. The van der Waals surface area contributed by atoms with Crippen LogP contribution in [-0.4, -0.2) is 52.6 Å². The van der Waals surface area contributed by atoms with Crippen molar-refractivity contribution in [3.8, 4) is 12.3 Å². The molecule has 1 N–H and O–H groups in total. The molecule has 0 heterocycles. The van der Waals surface area contributed by atoms with Gasteiger partial charge in [-0.2, -0.15) is 0 Å². The van der Waals surface area contributed by atoms with Gasteiger partial charge in [-0.05, 0) is 32.6 Å². The quantitative estimate of drug-likeness (QED) is 0.713. The Hall–Kier alpha value is -1.70. The lowest BCUT2D eigenvalue weighted by atomic mass is 10.3. The number of carboxylic acids is 1. The van der Waals surface area contributed by atoms with E-state index < -0.39 is 5.97 Å². The van der Waals surface area contributed by atoms with Crippen LogP contribution in [0.5, 0.6) is 0 Å². The Bertz CT molecular complexity index is 369. The van der Waals surface area contributed by atoms with Crippen LogP contribution >= 0.6 is 0 Å². The number of aliphatic carboxylic acids is 1. The molecule has 1 aliphatic carbocycles. The molecular formula is C14H22N2O3. The van der Waals surface area contributed by atoms with Crippen molar-refractivity contribution in [2.45, 2.75) is 39.2 Å². The molecule has 106 valence electrons. The highest BCUT2D eigenvalue weighted by molar-refractivity contribution is 5.76. The monoisotopic (exact) mass is 266 g/mol. The average Bonchev–Trinajstić information content (AvgIpc) is 3.11. The third-order valence-electron chi connectivity index (χ3n) is 3.16. The van der Waals surface area contributed by atoms with E-state index >= 15 is 0 Å². The Morgan fingerprint density at radius 2 is 2.05 bits per heavy atom. The van der Waals surface area contributed by atoms with Crippen LogP contribution in [0.4, 0.5) is 4.79 Å². The summed E-state index contributed by atoms with van der Waals surface area (Å²) in [5.74, 6) is 2.16. The van der Waals surface area contributed by atoms with E-state index in [-0.39, 0.29) is 31.6 Å². The molecule has 0 aromatic carbocycles. The SMILES string of the molecule is C#CCN(CC1CC1)C(=O)N(CCC(=O)O)C(C)C. The van der Waals surface area contributed by atoms with Crippen molar-refractivity contribution in [2.75, 3.05) is 19.6 Å². The van der Waals surface area contributed by atoms with Crippen LogP contribution in [0.3, 0.4) is 0 Å². The minimum absolute atomic E-state index is 0.0358. The normalized spacial score (nSPS) is 14.0. The lowest BCUT2D eigenvalue weighted by Crippen LogP contribution is -2.48.